The minimum Gasteiger partial charge on any atom is -0.492 e. The van der Waals surface area contributed by atoms with Crippen molar-refractivity contribution in [3.63, 3.8) is 0 Å². The van der Waals surface area contributed by atoms with Crippen molar-refractivity contribution in [3.05, 3.63) is 45.9 Å². The van der Waals surface area contributed by atoms with Crippen LogP contribution in [0, 0.1) is 6.92 Å². The maximum absolute atomic E-state index is 5.81. The van der Waals surface area contributed by atoms with E-state index in [1.54, 1.807) is 11.3 Å². The molecule has 0 atom stereocenters. The molecule has 0 bridgehead atoms. The zero-order valence-electron chi connectivity index (χ0n) is 12.4. The van der Waals surface area contributed by atoms with Gasteiger partial charge < -0.3 is 4.74 Å². The number of para-hydroxylation sites is 1. The molecule has 2 aromatic rings. The molecule has 1 aromatic heterocycles. The lowest BCUT2D eigenvalue weighted by molar-refractivity contribution is 0.230. The van der Waals surface area contributed by atoms with E-state index < -0.39 is 0 Å². The van der Waals surface area contributed by atoms with Gasteiger partial charge in [-0.3, -0.25) is 4.90 Å². The van der Waals surface area contributed by atoms with Gasteiger partial charge in [0.1, 0.15) is 12.4 Å². The van der Waals surface area contributed by atoms with Crippen LogP contribution in [0.4, 0.5) is 0 Å². The van der Waals surface area contributed by atoms with Crippen molar-refractivity contribution in [2.45, 2.75) is 26.8 Å². The molecule has 0 N–H and O–H groups in total. The van der Waals surface area contributed by atoms with E-state index in [9.17, 15) is 0 Å². The molecule has 2 rings (SSSR count). The highest BCUT2D eigenvalue weighted by Gasteiger charge is 2.05. The Kier molecular flexibility index (Phi) is 5.56. The molecule has 0 radical (unpaired) electrons. The summed E-state index contributed by atoms with van der Waals surface area (Å²) in [6.07, 6.45) is 1.02. The zero-order valence-corrected chi connectivity index (χ0v) is 13.2. The van der Waals surface area contributed by atoms with Crippen LogP contribution in [0.15, 0.2) is 29.6 Å². The first-order chi connectivity index (χ1) is 9.69. The van der Waals surface area contributed by atoms with Gasteiger partial charge in [-0.15, -0.1) is 11.3 Å². The average Bonchev–Trinajstić information content (AvgIpc) is 2.88. The predicted octanol–water partition coefficient (Wildman–Crippen LogP) is 3.52. The SMILES string of the molecule is CCc1nc(CN(C)CCOc2ccccc2C)cs1. The van der Waals surface area contributed by atoms with Crippen molar-refractivity contribution in [3.8, 4) is 5.75 Å². The summed E-state index contributed by atoms with van der Waals surface area (Å²) in [5.41, 5.74) is 2.34. The Balaban J connectivity index is 1.75. The van der Waals surface area contributed by atoms with Gasteiger partial charge in [-0.1, -0.05) is 25.1 Å². The molecule has 3 nitrogen and oxygen atoms in total. The van der Waals surface area contributed by atoms with Gasteiger partial charge in [0.15, 0.2) is 0 Å². The summed E-state index contributed by atoms with van der Waals surface area (Å²) in [6, 6.07) is 8.12. The Morgan fingerprint density at radius 2 is 2.10 bits per heavy atom. The Labute approximate surface area is 125 Å². The highest BCUT2D eigenvalue weighted by molar-refractivity contribution is 7.09. The minimum absolute atomic E-state index is 0.701. The van der Waals surface area contributed by atoms with Crippen LogP contribution in [0.25, 0.3) is 0 Å². The number of aryl methyl sites for hydroxylation is 2. The molecule has 0 aliphatic rings. The fourth-order valence-corrected chi connectivity index (χ4v) is 2.71. The van der Waals surface area contributed by atoms with Crippen LogP contribution >= 0.6 is 11.3 Å². The molecule has 1 heterocycles. The number of thiazole rings is 1. The fourth-order valence-electron chi connectivity index (χ4n) is 1.97. The third-order valence-corrected chi connectivity index (χ3v) is 4.20. The van der Waals surface area contributed by atoms with E-state index in [2.05, 4.69) is 42.2 Å². The maximum atomic E-state index is 5.81. The number of ether oxygens (including phenoxy) is 1. The number of nitrogens with zero attached hydrogens (tertiary/aromatic N) is 2. The molecule has 20 heavy (non-hydrogen) atoms. The van der Waals surface area contributed by atoms with Crippen molar-refractivity contribution in [2.75, 3.05) is 20.2 Å². The zero-order chi connectivity index (χ0) is 14.4. The van der Waals surface area contributed by atoms with Gasteiger partial charge in [0.05, 0.1) is 10.7 Å². The first-order valence-electron chi connectivity index (χ1n) is 6.99. The van der Waals surface area contributed by atoms with Gasteiger partial charge in [-0.05, 0) is 32.0 Å². The molecular weight excluding hydrogens is 268 g/mol. The Bertz CT molecular complexity index is 539. The van der Waals surface area contributed by atoms with Gasteiger partial charge in [0.25, 0.3) is 0 Å². The largest absolute Gasteiger partial charge is 0.492 e. The number of rotatable bonds is 7. The van der Waals surface area contributed by atoms with Crippen LogP contribution in [-0.4, -0.2) is 30.1 Å². The quantitative estimate of drug-likeness (QED) is 0.780. The number of aromatic nitrogens is 1. The van der Waals surface area contributed by atoms with Crippen LogP contribution in [0.1, 0.15) is 23.2 Å². The first-order valence-corrected chi connectivity index (χ1v) is 7.87. The molecular formula is C16H22N2OS. The molecule has 1 aromatic carbocycles. The van der Waals surface area contributed by atoms with Crippen molar-refractivity contribution >= 4 is 11.3 Å². The van der Waals surface area contributed by atoms with Gasteiger partial charge in [0, 0.05) is 18.5 Å². The van der Waals surface area contributed by atoms with Crippen molar-refractivity contribution in [1.82, 2.24) is 9.88 Å². The van der Waals surface area contributed by atoms with Crippen LogP contribution in [0.5, 0.6) is 5.75 Å². The third kappa shape index (κ3) is 4.32. The van der Waals surface area contributed by atoms with Crippen LogP contribution in [0.3, 0.4) is 0 Å². The average molecular weight is 290 g/mol. The van der Waals surface area contributed by atoms with Crippen molar-refractivity contribution < 1.29 is 4.74 Å². The van der Waals surface area contributed by atoms with E-state index in [1.165, 1.54) is 10.6 Å². The predicted molar refractivity (Wildman–Crippen MR) is 84.5 cm³/mol. The lowest BCUT2D eigenvalue weighted by Crippen LogP contribution is -2.24. The first kappa shape index (κ1) is 15.0. The Hall–Kier alpha value is -1.39. The number of hydrogen-bond acceptors (Lipinski definition) is 4. The van der Waals surface area contributed by atoms with E-state index in [-0.39, 0.29) is 0 Å². The van der Waals surface area contributed by atoms with Crippen molar-refractivity contribution in [1.29, 1.82) is 0 Å². The van der Waals surface area contributed by atoms with Gasteiger partial charge >= 0.3 is 0 Å². The summed E-state index contributed by atoms with van der Waals surface area (Å²) in [5.74, 6) is 0.975. The van der Waals surface area contributed by atoms with Gasteiger partial charge in [-0.2, -0.15) is 0 Å². The van der Waals surface area contributed by atoms with Crippen LogP contribution in [0.2, 0.25) is 0 Å². The second kappa shape index (κ2) is 7.41. The van der Waals surface area contributed by atoms with Gasteiger partial charge in [-0.25, -0.2) is 4.98 Å². The van der Waals surface area contributed by atoms with E-state index >= 15 is 0 Å². The molecule has 0 aliphatic heterocycles. The normalized spacial score (nSPS) is 11.0. The molecule has 0 aliphatic carbocycles. The van der Waals surface area contributed by atoms with E-state index in [4.69, 9.17) is 4.74 Å². The maximum Gasteiger partial charge on any atom is 0.122 e. The molecule has 0 fully saturated rings. The van der Waals surface area contributed by atoms with E-state index in [0.717, 1.165) is 31.0 Å². The number of benzene rings is 1. The van der Waals surface area contributed by atoms with E-state index in [0.29, 0.717) is 6.61 Å². The summed E-state index contributed by atoms with van der Waals surface area (Å²) in [4.78, 5) is 6.83. The number of likely N-dealkylation sites (N-methyl/N-ethyl adjacent to an activating group) is 1. The molecule has 108 valence electrons. The molecule has 4 heteroatoms. The summed E-state index contributed by atoms with van der Waals surface area (Å²) < 4.78 is 5.81. The lowest BCUT2D eigenvalue weighted by atomic mass is 10.2. The summed E-state index contributed by atoms with van der Waals surface area (Å²) >= 11 is 1.75. The molecule has 0 spiro atoms. The van der Waals surface area contributed by atoms with Crippen molar-refractivity contribution in [2.24, 2.45) is 0 Å². The topological polar surface area (TPSA) is 25.4 Å². The smallest absolute Gasteiger partial charge is 0.122 e. The van der Waals surface area contributed by atoms with Gasteiger partial charge in [0.2, 0.25) is 0 Å². The molecule has 0 saturated heterocycles. The monoisotopic (exact) mass is 290 g/mol. The fraction of sp³-hybridized carbons (Fsp3) is 0.438. The summed E-state index contributed by atoms with van der Waals surface area (Å²) in [5, 5.41) is 3.36. The lowest BCUT2D eigenvalue weighted by Gasteiger charge is -2.16. The molecule has 0 unspecified atom stereocenters. The summed E-state index contributed by atoms with van der Waals surface area (Å²) in [7, 11) is 2.10. The third-order valence-electron chi connectivity index (χ3n) is 3.16. The Morgan fingerprint density at radius 1 is 1.30 bits per heavy atom. The number of hydrogen-bond donors (Lipinski definition) is 0. The minimum atomic E-state index is 0.701. The summed E-state index contributed by atoms with van der Waals surface area (Å²) in [6.45, 7) is 6.69. The standard InChI is InChI=1S/C16H22N2OS/c1-4-16-17-14(12-20-16)11-18(3)9-10-19-15-8-6-5-7-13(15)2/h5-8,12H,4,9-11H2,1-3H3. The molecule has 0 amide bonds. The van der Waals surface area contributed by atoms with Crippen LogP contribution in [-0.2, 0) is 13.0 Å². The molecule has 0 saturated carbocycles. The van der Waals surface area contributed by atoms with Crippen LogP contribution < -0.4 is 4.74 Å². The highest BCUT2D eigenvalue weighted by Crippen LogP contribution is 2.16. The van der Waals surface area contributed by atoms with E-state index in [1.807, 2.05) is 18.2 Å². The second-order valence-corrected chi connectivity index (χ2v) is 5.88. The second-order valence-electron chi connectivity index (χ2n) is 4.94. The highest BCUT2D eigenvalue weighted by atomic mass is 32.1. The Morgan fingerprint density at radius 3 is 2.80 bits per heavy atom.